The first-order valence-electron chi connectivity index (χ1n) is 9.90. The number of amides is 2. The molecule has 8 nitrogen and oxygen atoms in total. The Kier molecular flexibility index (Phi) is 7.93. The summed E-state index contributed by atoms with van der Waals surface area (Å²) in [6.07, 6.45) is 0. The molecular weight excluding hydrogens is 480 g/mol. The zero-order valence-electron chi connectivity index (χ0n) is 17.7. The number of anilines is 2. The lowest BCUT2D eigenvalue weighted by molar-refractivity contribution is -0.115. The van der Waals surface area contributed by atoms with Gasteiger partial charge in [0.15, 0.2) is 0 Å². The predicted molar refractivity (Wildman–Crippen MR) is 130 cm³/mol. The van der Waals surface area contributed by atoms with Crippen LogP contribution in [0.25, 0.3) is 0 Å². The molecule has 0 aliphatic carbocycles. The summed E-state index contributed by atoms with van der Waals surface area (Å²) in [6.45, 7) is 1.68. The van der Waals surface area contributed by atoms with Gasteiger partial charge in [0.1, 0.15) is 0 Å². The number of aromatic carboxylic acids is 2. The number of hydrogen-bond acceptors (Lipinski definition) is 5. The fourth-order valence-electron chi connectivity index (χ4n) is 2.98. The van der Waals surface area contributed by atoms with Crippen LogP contribution in [0.2, 0.25) is 5.02 Å². The van der Waals surface area contributed by atoms with Crippen LogP contribution in [0.3, 0.4) is 0 Å². The van der Waals surface area contributed by atoms with Crippen LogP contribution in [0.4, 0.5) is 11.4 Å². The normalized spacial score (nSPS) is 11.4. The molecule has 0 aliphatic heterocycles. The van der Waals surface area contributed by atoms with Gasteiger partial charge in [0, 0.05) is 16.3 Å². The SMILES string of the molecule is CC(Sc1cccc(NC(=O)c2ccccc2C(=O)O)c1)C(=O)Nc1ccc(Cl)c(C(=O)O)c1. The van der Waals surface area contributed by atoms with Crippen molar-refractivity contribution in [3.63, 3.8) is 0 Å². The van der Waals surface area contributed by atoms with E-state index in [1.807, 2.05) is 0 Å². The first-order chi connectivity index (χ1) is 16.2. The van der Waals surface area contributed by atoms with Crippen LogP contribution in [-0.4, -0.2) is 39.2 Å². The summed E-state index contributed by atoms with van der Waals surface area (Å²) in [5.74, 6) is -3.32. The molecule has 3 aromatic carbocycles. The van der Waals surface area contributed by atoms with Crippen LogP contribution in [0.1, 0.15) is 38.0 Å². The molecule has 3 aromatic rings. The molecule has 10 heteroatoms. The van der Waals surface area contributed by atoms with Gasteiger partial charge in [-0.25, -0.2) is 9.59 Å². The van der Waals surface area contributed by atoms with Gasteiger partial charge in [0.2, 0.25) is 5.91 Å². The summed E-state index contributed by atoms with van der Waals surface area (Å²) in [5, 5.41) is 23.3. The van der Waals surface area contributed by atoms with E-state index >= 15 is 0 Å². The second kappa shape index (κ2) is 10.9. The van der Waals surface area contributed by atoms with Crippen molar-refractivity contribution < 1.29 is 29.4 Å². The fraction of sp³-hybridized carbons (Fsp3) is 0.0833. The molecule has 0 heterocycles. The van der Waals surface area contributed by atoms with Crippen LogP contribution >= 0.6 is 23.4 Å². The minimum atomic E-state index is -1.20. The Balaban J connectivity index is 1.67. The van der Waals surface area contributed by atoms with Gasteiger partial charge in [-0.2, -0.15) is 0 Å². The molecule has 34 heavy (non-hydrogen) atoms. The van der Waals surface area contributed by atoms with Crippen molar-refractivity contribution in [2.24, 2.45) is 0 Å². The minimum absolute atomic E-state index is 0.0319. The van der Waals surface area contributed by atoms with Gasteiger partial charge in [-0.3, -0.25) is 9.59 Å². The van der Waals surface area contributed by atoms with Gasteiger partial charge in [-0.15, -0.1) is 11.8 Å². The number of carbonyl (C=O) groups is 4. The lowest BCUT2D eigenvalue weighted by atomic mass is 10.1. The van der Waals surface area contributed by atoms with E-state index in [1.54, 1.807) is 37.3 Å². The van der Waals surface area contributed by atoms with Crippen molar-refractivity contribution in [3.8, 4) is 0 Å². The largest absolute Gasteiger partial charge is 0.478 e. The van der Waals surface area contributed by atoms with E-state index in [2.05, 4.69) is 10.6 Å². The topological polar surface area (TPSA) is 133 Å². The Morgan fingerprint density at radius 2 is 1.44 bits per heavy atom. The van der Waals surface area contributed by atoms with E-state index in [9.17, 15) is 29.4 Å². The number of benzene rings is 3. The quantitative estimate of drug-likeness (QED) is 0.317. The van der Waals surface area contributed by atoms with Crippen LogP contribution < -0.4 is 10.6 Å². The monoisotopic (exact) mass is 498 g/mol. The predicted octanol–water partition coefficient (Wildman–Crippen LogP) is 5.11. The molecular formula is C24H19ClN2O6S. The summed E-state index contributed by atoms with van der Waals surface area (Å²) >= 11 is 7.08. The molecule has 0 bridgehead atoms. The molecule has 0 radical (unpaired) electrons. The third-order valence-electron chi connectivity index (χ3n) is 4.64. The molecule has 0 saturated heterocycles. The molecule has 0 aliphatic rings. The van der Waals surface area contributed by atoms with E-state index in [0.29, 0.717) is 16.3 Å². The standard InChI is InChI=1S/C24H19ClN2O6S/c1-13(21(28)26-15-9-10-20(25)19(12-15)24(32)33)34-16-6-4-5-14(11-16)27-22(29)17-7-2-3-8-18(17)23(30)31/h2-13H,1H3,(H,26,28)(H,27,29)(H,30,31)(H,32,33). The molecule has 3 rings (SSSR count). The van der Waals surface area contributed by atoms with Gasteiger partial charge in [0.05, 0.1) is 27.0 Å². The van der Waals surface area contributed by atoms with Crippen LogP contribution in [0, 0.1) is 0 Å². The number of thioether (sulfide) groups is 1. The lowest BCUT2D eigenvalue weighted by Gasteiger charge is -2.14. The maximum Gasteiger partial charge on any atom is 0.337 e. The van der Waals surface area contributed by atoms with Crippen molar-refractivity contribution in [1.29, 1.82) is 0 Å². The molecule has 2 amide bonds. The zero-order valence-corrected chi connectivity index (χ0v) is 19.3. The highest BCUT2D eigenvalue weighted by molar-refractivity contribution is 8.00. The smallest absolute Gasteiger partial charge is 0.337 e. The summed E-state index contributed by atoms with van der Waals surface area (Å²) in [5.41, 5.74) is 0.547. The molecule has 0 fully saturated rings. The van der Waals surface area contributed by atoms with Crippen molar-refractivity contribution in [2.75, 3.05) is 10.6 Å². The van der Waals surface area contributed by atoms with Crippen molar-refractivity contribution in [3.05, 3.63) is 88.4 Å². The molecule has 174 valence electrons. The highest BCUT2D eigenvalue weighted by atomic mass is 35.5. The highest BCUT2D eigenvalue weighted by Gasteiger charge is 2.18. The van der Waals surface area contributed by atoms with Gasteiger partial charge in [-0.1, -0.05) is 29.8 Å². The van der Waals surface area contributed by atoms with E-state index in [-0.39, 0.29) is 27.6 Å². The average Bonchev–Trinajstić information content (AvgIpc) is 2.80. The number of carboxylic acids is 2. The Bertz CT molecular complexity index is 1280. The van der Waals surface area contributed by atoms with Crippen LogP contribution in [0.15, 0.2) is 71.6 Å². The number of carboxylic acid groups (broad SMARTS) is 2. The number of carbonyl (C=O) groups excluding carboxylic acids is 2. The van der Waals surface area contributed by atoms with Gasteiger partial charge < -0.3 is 20.8 Å². The Morgan fingerprint density at radius 1 is 0.794 bits per heavy atom. The van der Waals surface area contributed by atoms with E-state index < -0.39 is 23.1 Å². The van der Waals surface area contributed by atoms with E-state index in [0.717, 1.165) is 0 Å². The lowest BCUT2D eigenvalue weighted by Crippen LogP contribution is -2.22. The fourth-order valence-corrected chi connectivity index (χ4v) is 4.11. The van der Waals surface area contributed by atoms with Crippen LogP contribution in [0.5, 0.6) is 0 Å². The summed E-state index contributed by atoms with van der Waals surface area (Å²) in [6, 6.07) is 16.9. The molecule has 0 spiro atoms. The maximum atomic E-state index is 12.6. The van der Waals surface area contributed by atoms with Crippen molar-refractivity contribution in [1.82, 2.24) is 0 Å². The molecule has 0 saturated carbocycles. The van der Waals surface area contributed by atoms with Crippen molar-refractivity contribution in [2.45, 2.75) is 17.1 Å². The molecule has 0 aromatic heterocycles. The van der Waals surface area contributed by atoms with E-state index in [4.69, 9.17) is 11.6 Å². The summed E-state index contributed by atoms with van der Waals surface area (Å²) < 4.78 is 0. The minimum Gasteiger partial charge on any atom is -0.478 e. The molecule has 1 atom stereocenters. The van der Waals surface area contributed by atoms with Crippen LogP contribution in [-0.2, 0) is 4.79 Å². The Morgan fingerprint density at radius 3 is 2.12 bits per heavy atom. The molecule has 4 N–H and O–H groups in total. The third kappa shape index (κ3) is 6.15. The van der Waals surface area contributed by atoms with Crippen molar-refractivity contribution >= 4 is 58.5 Å². The highest BCUT2D eigenvalue weighted by Crippen LogP contribution is 2.28. The summed E-state index contributed by atoms with van der Waals surface area (Å²) in [7, 11) is 0. The second-order valence-corrected chi connectivity index (χ2v) is 8.90. The maximum absolute atomic E-state index is 12.6. The number of rotatable bonds is 8. The Hall–Kier alpha value is -3.82. The number of nitrogens with one attached hydrogen (secondary N) is 2. The summed E-state index contributed by atoms with van der Waals surface area (Å²) in [4.78, 5) is 48.5. The van der Waals surface area contributed by atoms with Gasteiger partial charge in [0.25, 0.3) is 5.91 Å². The zero-order chi connectivity index (χ0) is 24.8. The third-order valence-corrected chi connectivity index (χ3v) is 6.06. The van der Waals surface area contributed by atoms with E-state index in [1.165, 1.54) is 48.2 Å². The molecule has 1 unspecified atom stereocenters. The first-order valence-corrected chi connectivity index (χ1v) is 11.2. The Labute approximate surface area is 203 Å². The number of halogens is 1. The van der Waals surface area contributed by atoms with Gasteiger partial charge in [-0.05, 0) is 55.5 Å². The first kappa shape index (κ1) is 24.8. The van der Waals surface area contributed by atoms with Gasteiger partial charge >= 0.3 is 11.9 Å². The second-order valence-electron chi connectivity index (χ2n) is 7.08. The number of hydrogen-bond donors (Lipinski definition) is 4. The average molecular weight is 499 g/mol.